The number of rotatable bonds is 8. The lowest BCUT2D eigenvalue weighted by molar-refractivity contribution is -0.385. The summed E-state index contributed by atoms with van der Waals surface area (Å²) in [5, 5.41) is 21.8. The number of hydrazone groups is 1. The standard InChI is InChI=1S/C21H22N6O6/c1-12-8-9-18(33-12)20(29)22-16-7-5-6-15(10-16)13(2)23-24-19(28)14(3)26-11-17(27(30)31)21(25-26)32-4/h5-11,14H,1-4H3,(H,22,29)(H,24,28)/b23-13-. The number of methoxy groups -OCH3 is 1. The van der Waals surface area contributed by atoms with Crippen LogP contribution in [0.5, 0.6) is 5.88 Å². The Morgan fingerprint density at radius 2 is 2.06 bits per heavy atom. The van der Waals surface area contributed by atoms with E-state index < -0.39 is 16.9 Å². The van der Waals surface area contributed by atoms with E-state index in [-0.39, 0.29) is 23.2 Å². The van der Waals surface area contributed by atoms with E-state index in [2.05, 4.69) is 20.9 Å². The highest BCUT2D eigenvalue weighted by Gasteiger charge is 2.25. The molecule has 0 aliphatic carbocycles. The van der Waals surface area contributed by atoms with Crippen molar-refractivity contribution in [3.8, 4) is 5.88 Å². The van der Waals surface area contributed by atoms with Crippen LogP contribution in [0.1, 0.15) is 41.8 Å². The third-order valence-electron chi connectivity index (χ3n) is 4.68. The Morgan fingerprint density at radius 3 is 2.67 bits per heavy atom. The fourth-order valence-corrected chi connectivity index (χ4v) is 2.82. The van der Waals surface area contributed by atoms with Crippen LogP contribution in [-0.4, -0.2) is 39.3 Å². The average Bonchev–Trinajstić information content (AvgIpc) is 3.43. The molecule has 0 radical (unpaired) electrons. The van der Waals surface area contributed by atoms with Crippen molar-refractivity contribution in [2.45, 2.75) is 26.8 Å². The van der Waals surface area contributed by atoms with Crippen LogP contribution >= 0.6 is 0 Å². The molecule has 0 spiro atoms. The van der Waals surface area contributed by atoms with Gasteiger partial charge in [0.05, 0.1) is 17.7 Å². The van der Waals surface area contributed by atoms with Gasteiger partial charge in [0.1, 0.15) is 18.0 Å². The van der Waals surface area contributed by atoms with Crippen LogP contribution in [0.15, 0.2) is 52.1 Å². The van der Waals surface area contributed by atoms with Gasteiger partial charge < -0.3 is 14.5 Å². The number of hydrogen-bond acceptors (Lipinski definition) is 8. The molecular formula is C21H22N6O6. The number of furan rings is 1. The first-order valence-electron chi connectivity index (χ1n) is 9.79. The van der Waals surface area contributed by atoms with Crippen molar-refractivity contribution in [1.29, 1.82) is 0 Å². The van der Waals surface area contributed by atoms with E-state index in [0.29, 0.717) is 22.7 Å². The number of aromatic nitrogens is 2. The summed E-state index contributed by atoms with van der Waals surface area (Å²) in [7, 11) is 1.25. The Kier molecular flexibility index (Phi) is 6.86. The van der Waals surface area contributed by atoms with E-state index in [1.165, 1.54) is 14.0 Å². The van der Waals surface area contributed by atoms with Crippen LogP contribution in [0.2, 0.25) is 0 Å². The summed E-state index contributed by atoms with van der Waals surface area (Å²) < 4.78 is 11.3. The number of nitrogens with zero attached hydrogens (tertiary/aromatic N) is 4. The molecule has 2 aromatic heterocycles. The number of carbonyl (C=O) groups excluding carboxylic acids is 2. The van der Waals surface area contributed by atoms with Crippen molar-refractivity contribution >= 4 is 28.9 Å². The minimum absolute atomic E-state index is 0.192. The summed E-state index contributed by atoms with van der Waals surface area (Å²) in [5.74, 6) is -0.291. The Hall–Kier alpha value is -4.48. The highest BCUT2D eigenvalue weighted by Crippen LogP contribution is 2.26. The molecule has 33 heavy (non-hydrogen) atoms. The topological polar surface area (TPSA) is 154 Å². The summed E-state index contributed by atoms with van der Waals surface area (Å²) in [6.45, 7) is 4.95. The minimum Gasteiger partial charge on any atom is -0.475 e. The predicted molar refractivity (Wildman–Crippen MR) is 118 cm³/mol. The summed E-state index contributed by atoms with van der Waals surface area (Å²) in [6.07, 6.45) is 1.12. The van der Waals surface area contributed by atoms with Crippen molar-refractivity contribution in [2.75, 3.05) is 12.4 Å². The zero-order valence-corrected chi connectivity index (χ0v) is 18.4. The molecule has 1 unspecified atom stereocenters. The first kappa shape index (κ1) is 23.2. The fraction of sp³-hybridized carbons (Fsp3) is 0.238. The van der Waals surface area contributed by atoms with E-state index in [9.17, 15) is 19.7 Å². The van der Waals surface area contributed by atoms with Crippen LogP contribution in [-0.2, 0) is 4.79 Å². The van der Waals surface area contributed by atoms with Crippen molar-refractivity contribution in [3.63, 3.8) is 0 Å². The highest BCUT2D eigenvalue weighted by molar-refractivity contribution is 6.04. The van der Waals surface area contributed by atoms with E-state index in [1.54, 1.807) is 50.2 Å². The van der Waals surface area contributed by atoms with E-state index >= 15 is 0 Å². The molecule has 12 heteroatoms. The number of hydrogen-bond donors (Lipinski definition) is 2. The van der Waals surface area contributed by atoms with Crippen molar-refractivity contribution in [3.05, 3.63) is 69.8 Å². The number of amides is 2. The van der Waals surface area contributed by atoms with Gasteiger partial charge in [0, 0.05) is 5.69 Å². The Bertz CT molecular complexity index is 1230. The van der Waals surface area contributed by atoms with Crippen LogP contribution in [0.4, 0.5) is 11.4 Å². The number of benzene rings is 1. The molecule has 2 heterocycles. The Labute approximate surface area is 188 Å². The largest absolute Gasteiger partial charge is 0.475 e. The van der Waals surface area contributed by atoms with Gasteiger partial charge in [-0.25, -0.2) is 10.1 Å². The maximum atomic E-state index is 12.5. The van der Waals surface area contributed by atoms with Crippen molar-refractivity contribution < 1.29 is 23.7 Å². The molecule has 0 saturated heterocycles. The zero-order valence-electron chi connectivity index (χ0n) is 18.4. The molecule has 172 valence electrons. The number of nitrogens with one attached hydrogen (secondary N) is 2. The van der Waals surface area contributed by atoms with Crippen LogP contribution in [0, 0.1) is 17.0 Å². The average molecular weight is 454 g/mol. The van der Waals surface area contributed by atoms with E-state index in [1.807, 2.05) is 0 Å². The second kappa shape index (κ2) is 9.77. The molecule has 0 saturated carbocycles. The molecule has 2 amide bonds. The normalized spacial score (nSPS) is 12.2. The van der Waals surface area contributed by atoms with Gasteiger partial charge in [0.15, 0.2) is 5.76 Å². The van der Waals surface area contributed by atoms with Crippen molar-refractivity contribution in [1.82, 2.24) is 15.2 Å². The SMILES string of the molecule is COc1nn(C(C)C(=O)N/N=C(/C)c2cccc(NC(=O)c3ccc(C)o3)c2)cc1[N+](=O)[O-]. The van der Waals surface area contributed by atoms with Gasteiger partial charge in [-0.3, -0.25) is 19.7 Å². The number of anilines is 1. The first-order valence-corrected chi connectivity index (χ1v) is 9.79. The second-order valence-electron chi connectivity index (χ2n) is 7.06. The molecule has 2 N–H and O–H groups in total. The van der Waals surface area contributed by atoms with E-state index in [0.717, 1.165) is 10.9 Å². The van der Waals surface area contributed by atoms with Gasteiger partial charge in [0.25, 0.3) is 11.8 Å². The lowest BCUT2D eigenvalue weighted by Gasteiger charge is -2.10. The van der Waals surface area contributed by atoms with Gasteiger partial charge in [-0.2, -0.15) is 5.10 Å². The Morgan fingerprint density at radius 1 is 1.30 bits per heavy atom. The first-order chi connectivity index (χ1) is 15.7. The summed E-state index contributed by atoms with van der Waals surface area (Å²) in [4.78, 5) is 35.2. The summed E-state index contributed by atoms with van der Waals surface area (Å²) in [6, 6.07) is 9.31. The smallest absolute Gasteiger partial charge is 0.350 e. The summed E-state index contributed by atoms with van der Waals surface area (Å²) >= 11 is 0. The number of nitro groups is 1. The molecule has 3 rings (SSSR count). The lowest BCUT2D eigenvalue weighted by atomic mass is 10.1. The maximum Gasteiger partial charge on any atom is 0.350 e. The van der Waals surface area contributed by atoms with Gasteiger partial charge >= 0.3 is 11.6 Å². The van der Waals surface area contributed by atoms with Gasteiger partial charge in [0.2, 0.25) is 0 Å². The molecule has 1 atom stereocenters. The number of carbonyl (C=O) groups is 2. The lowest BCUT2D eigenvalue weighted by Crippen LogP contribution is -2.28. The van der Waals surface area contributed by atoms with Gasteiger partial charge in [-0.05, 0) is 50.6 Å². The molecular weight excluding hydrogens is 432 g/mol. The quantitative estimate of drug-likeness (QED) is 0.301. The highest BCUT2D eigenvalue weighted by atomic mass is 16.6. The van der Waals surface area contributed by atoms with Gasteiger partial charge in [-0.15, -0.1) is 5.10 Å². The molecule has 0 aliphatic heterocycles. The molecule has 12 nitrogen and oxygen atoms in total. The van der Waals surface area contributed by atoms with Crippen LogP contribution in [0.3, 0.4) is 0 Å². The number of aryl methyl sites for hydroxylation is 1. The van der Waals surface area contributed by atoms with Crippen LogP contribution < -0.4 is 15.5 Å². The molecule has 0 bridgehead atoms. The minimum atomic E-state index is -0.883. The van der Waals surface area contributed by atoms with Gasteiger partial charge in [-0.1, -0.05) is 12.1 Å². The third-order valence-corrected chi connectivity index (χ3v) is 4.68. The molecule has 1 aromatic carbocycles. The molecule has 0 aliphatic rings. The van der Waals surface area contributed by atoms with Crippen molar-refractivity contribution in [2.24, 2.45) is 5.10 Å². The molecule has 3 aromatic rings. The third kappa shape index (κ3) is 5.42. The molecule has 0 fully saturated rings. The fourth-order valence-electron chi connectivity index (χ4n) is 2.82. The zero-order chi connectivity index (χ0) is 24.1. The summed E-state index contributed by atoms with van der Waals surface area (Å²) in [5.41, 5.74) is 3.73. The second-order valence-corrected chi connectivity index (χ2v) is 7.06. The monoisotopic (exact) mass is 454 g/mol. The predicted octanol–water partition coefficient (Wildman–Crippen LogP) is 3.06. The Balaban J connectivity index is 1.68. The van der Waals surface area contributed by atoms with E-state index in [4.69, 9.17) is 9.15 Å². The number of ether oxygens (including phenoxy) is 1. The van der Waals surface area contributed by atoms with Crippen LogP contribution in [0.25, 0.3) is 0 Å². The maximum absolute atomic E-state index is 12.5.